The molecule has 3 nitrogen and oxygen atoms in total. The monoisotopic (exact) mass is 328 g/mol. The topological polar surface area (TPSA) is 27.7 Å². The van der Waals surface area contributed by atoms with E-state index < -0.39 is 35.4 Å². The van der Waals surface area contributed by atoms with Crippen molar-refractivity contribution in [2.45, 2.75) is 44.1 Å². The van der Waals surface area contributed by atoms with Crippen LogP contribution in [0.5, 0.6) is 0 Å². The quantitative estimate of drug-likeness (QED) is 0.558. The van der Waals surface area contributed by atoms with E-state index in [1.807, 2.05) is 0 Å². The fourth-order valence-corrected chi connectivity index (χ4v) is 26.5. The van der Waals surface area contributed by atoms with Gasteiger partial charge in [-0.2, -0.15) is 0 Å². The van der Waals surface area contributed by atoms with Crippen LogP contribution in [0.2, 0.25) is 44.1 Å². The van der Waals surface area contributed by atoms with Gasteiger partial charge in [-0.25, -0.2) is 0 Å². The van der Waals surface area contributed by atoms with Crippen LogP contribution in [0.1, 0.15) is 0 Å². The predicted molar refractivity (Wildman–Crippen MR) is 89.3 cm³/mol. The van der Waals surface area contributed by atoms with Gasteiger partial charge < -0.3 is 12.3 Å². The lowest BCUT2D eigenvalue weighted by Crippen LogP contribution is -2.52. The summed E-state index contributed by atoms with van der Waals surface area (Å²) >= 11 is 0. The molecule has 0 N–H and O–H groups in total. The first-order chi connectivity index (χ1) is 7.14. The van der Waals surface area contributed by atoms with Crippen molar-refractivity contribution in [1.82, 2.24) is 0 Å². The largest absolute Gasteiger partial charge is 0.468 e. The maximum Gasteiger partial charge on any atom is 0.174 e. The van der Waals surface area contributed by atoms with Gasteiger partial charge in [-0.3, -0.25) is 0 Å². The van der Waals surface area contributed by atoms with Crippen LogP contribution >= 0.6 is 0 Å². The summed E-state index contributed by atoms with van der Waals surface area (Å²) < 4.78 is 17.9. The summed E-state index contributed by atoms with van der Waals surface area (Å²) in [6.07, 6.45) is 0. The second-order valence-electron chi connectivity index (χ2n) is 5.82. The third kappa shape index (κ3) is 6.21. The molecular weight excluding hydrogens is 301 g/mol. The first-order valence-corrected chi connectivity index (χ1v) is 17.6. The summed E-state index contributed by atoms with van der Waals surface area (Å²) in [6, 6.07) is 0. The molecule has 0 rings (SSSR count). The van der Waals surface area contributed by atoms with E-state index >= 15 is 0 Å². The third-order valence-corrected chi connectivity index (χ3v) is 24.7. The molecule has 0 aromatic carbocycles. The van der Waals surface area contributed by atoms with Crippen molar-refractivity contribution in [3.8, 4) is 0 Å². The van der Waals surface area contributed by atoms with Gasteiger partial charge >= 0.3 is 0 Å². The lowest BCUT2D eigenvalue weighted by Gasteiger charge is -2.39. The zero-order chi connectivity index (χ0) is 13.0. The Morgan fingerprint density at radius 1 is 1.12 bits per heavy atom. The number of hydrogen-bond acceptors (Lipinski definition) is 3. The molecule has 0 saturated carbocycles. The maximum atomic E-state index is 6.48. The van der Waals surface area contributed by atoms with E-state index in [0.717, 1.165) is 25.8 Å². The highest BCUT2D eigenvalue weighted by Crippen LogP contribution is 2.28. The van der Waals surface area contributed by atoms with E-state index in [0.29, 0.717) is 0 Å². The predicted octanol–water partition coefficient (Wildman–Crippen LogP) is -1.06. The lowest BCUT2D eigenvalue weighted by molar-refractivity contribution is 0.538. The van der Waals surface area contributed by atoms with Crippen molar-refractivity contribution in [2.24, 2.45) is 0 Å². The average Bonchev–Trinajstić information content (AvgIpc) is 2.08. The summed E-state index contributed by atoms with van der Waals surface area (Å²) in [5.41, 5.74) is 0. The van der Waals surface area contributed by atoms with E-state index in [1.165, 1.54) is 0 Å². The zero-order valence-electron chi connectivity index (χ0n) is 12.1. The van der Waals surface area contributed by atoms with Crippen LogP contribution in [0.25, 0.3) is 0 Å². The Morgan fingerprint density at radius 2 is 1.62 bits per heavy atom. The first-order valence-electron chi connectivity index (χ1n) is 5.86. The van der Waals surface area contributed by atoms with Crippen molar-refractivity contribution >= 4 is 56.4 Å². The van der Waals surface area contributed by atoms with E-state index in [1.54, 1.807) is 0 Å². The molecule has 0 aromatic heterocycles. The van der Waals surface area contributed by atoms with Crippen molar-refractivity contribution in [2.75, 3.05) is 0 Å². The van der Waals surface area contributed by atoms with Gasteiger partial charge in [-0.1, -0.05) is 0 Å². The van der Waals surface area contributed by atoms with Crippen molar-refractivity contribution in [3.05, 3.63) is 0 Å². The van der Waals surface area contributed by atoms with Crippen LogP contribution in [0.15, 0.2) is 0 Å². The van der Waals surface area contributed by atoms with Gasteiger partial charge in [0, 0.05) is 4.79 Å². The Hall–Kier alpha value is 1.18. The van der Waals surface area contributed by atoms with Crippen molar-refractivity contribution in [3.63, 3.8) is 0 Å². The summed E-state index contributed by atoms with van der Waals surface area (Å²) in [5.74, 6) is 0. The molecule has 0 saturated heterocycles. The molecule has 0 spiro atoms. The van der Waals surface area contributed by atoms with Gasteiger partial charge in [0.2, 0.25) is 0 Å². The first kappa shape index (κ1) is 17.2. The van der Waals surface area contributed by atoms with E-state index in [9.17, 15) is 0 Å². The SMILES string of the molecule is C[SiH](O[SiH3])C([SiH2]O[SiH3])[Si](C)(C)O[Si](C)(C)C. The summed E-state index contributed by atoms with van der Waals surface area (Å²) in [5, 5.41) is 0. The second-order valence-corrected chi connectivity index (χ2v) is 24.9. The summed E-state index contributed by atoms with van der Waals surface area (Å²) in [4.78, 5) is 0.731. The summed E-state index contributed by atoms with van der Waals surface area (Å²) in [6.45, 7) is 13.9. The molecular formula is C7H28O3Si6. The molecule has 0 heterocycles. The zero-order valence-corrected chi connectivity index (χ0v) is 20.7. The third-order valence-electron chi connectivity index (χ3n) is 2.75. The summed E-state index contributed by atoms with van der Waals surface area (Å²) in [7, 11) is -2.73. The Labute approximate surface area is 113 Å². The minimum Gasteiger partial charge on any atom is -0.468 e. The van der Waals surface area contributed by atoms with Crippen molar-refractivity contribution in [1.29, 1.82) is 0 Å². The van der Waals surface area contributed by atoms with Gasteiger partial charge in [-0.05, 0) is 39.3 Å². The number of hydrogen-bond donors (Lipinski definition) is 0. The van der Waals surface area contributed by atoms with Crippen molar-refractivity contribution < 1.29 is 12.3 Å². The Morgan fingerprint density at radius 3 is 1.94 bits per heavy atom. The Balaban J connectivity index is 4.74. The van der Waals surface area contributed by atoms with E-state index in [2.05, 4.69) is 39.3 Å². The lowest BCUT2D eigenvalue weighted by atomic mass is 11.8. The Kier molecular flexibility index (Phi) is 7.45. The molecule has 0 aliphatic heterocycles. The van der Waals surface area contributed by atoms with E-state index in [-0.39, 0.29) is 0 Å². The van der Waals surface area contributed by atoms with Crippen LogP contribution in [-0.4, -0.2) is 56.4 Å². The van der Waals surface area contributed by atoms with Gasteiger partial charge in [0.05, 0.1) is 0 Å². The molecule has 0 amide bonds. The fourth-order valence-electron chi connectivity index (χ4n) is 2.11. The molecule has 9 heteroatoms. The molecule has 0 aromatic rings. The minimum absolute atomic E-state index is 0.416. The highest BCUT2D eigenvalue weighted by Gasteiger charge is 2.41. The fraction of sp³-hybridized carbons (Fsp3) is 1.00. The van der Waals surface area contributed by atoms with Crippen LogP contribution in [0, 0.1) is 0 Å². The molecule has 2 unspecified atom stereocenters. The van der Waals surface area contributed by atoms with Gasteiger partial charge in [-0.15, -0.1) is 0 Å². The molecule has 0 aliphatic rings. The smallest absolute Gasteiger partial charge is 0.174 e. The molecule has 0 radical (unpaired) electrons. The standard InChI is InChI=1S/C7H28O3Si6/c1-14(9-12)7(13-8-11)16(5,6)10-15(2,3)4/h7,14H,13H2,1-6,11-12H3. The van der Waals surface area contributed by atoms with Crippen LogP contribution < -0.4 is 0 Å². The average molecular weight is 329 g/mol. The molecule has 16 heavy (non-hydrogen) atoms. The highest BCUT2D eigenvalue weighted by molar-refractivity contribution is 6.98. The second kappa shape index (κ2) is 6.94. The van der Waals surface area contributed by atoms with Gasteiger partial charge in [0.15, 0.2) is 25.7 Å². The van der Waals surface area contributed by atoms with E-state index in [4.69, 9.17) is 12.3 Å². The van der Waals surface area contributed by atoms with Gasteiger partial charge in [0.25, 0.3) is 0 Å². The molecule has 0 bridgehead atoms. The molecule has 2 atom stereocenters. The molecule has 0 fully saturated rings. The van der Waals surface area contributed by atoms with Gasteiger partial charge in [0.1, 0.15) is 30.7 Å². The van der Waals surface area contributed by atoms with Crippen LogP contribution in [-0.2, 0) is 12.3 Å². The molecule has 98 valence electrons. The normalized spacial score (nSPS) is 18.4. The molecule has 0 aliphatic carbocycles. The van der Waals surface area contributed by atoms with Crippen LogP contribution in [0.4, 0.5) is 0 Å². The highest BCUT2D eigenvalue weighted by atomic mass is 28.5. The minimum atomic E-state index is -1.59. The Bertz CT molecular complexity index is 207. The number of rotatable bonds is 7. The maximum absolute atomic E-state index is 6.48. The van der Waals surface area contributed by atoms with Crippen LogP contribution in [0.3, 0.4) is 0 Å².